The molecule has 4 N–H and O–H groups in total. The van der Waals surface area contributed by atoms with Gasteiger partial charge in [-0.15, -0.1) is 0 Å². The zero-order chi connectivity index (χ0) is 26.3. The fraction of sp³-hybridized carbons (Fsp3) is 0.367. The second-order valence-electron chi connectivity index (χ2n) is 9.86. The molecular weight excluding hydrogens is 492 g/mol. The lowest BCUT2D eigenvalue weighted by atomic mass is 9.92. The minimum absolute atomic E-state index is 0.00832. The van der Waals surface area contributed by atoms with Crippen LogP contribution in [0.25, 0.3) is 17.0 Å². The Morgan fingerprint density at radius 2 is 1.89 bits per heavy atom. The number of aromatic nitrogens is 3. The summed E-state index contributed by atoms with van der Waals surface area (Å²) in [4.78, 5) is 9.54. The fourth-order valence-electron chi connectivity index (χ4n) is 4.96. The van der Waals surface area contributed by atoms with E-state index in [1.54, 1.807) is 7.11 Å². The minimum Gasteiger partial charge on any atom is -0.497 e. The van der Waals surface area contributed by atoms with Crippen molar-refractivity contribution < 1.29 is 4.74 Å². The maximum atomic E-state index is 6.51. The molecule has 2 aromatic carbocycles. The molecule has 2 aromatic heterocycles. The van der Waals surface area contributed by atoms with E-state index in [1.165, 1.54) is 46.7 Å². The van der Waals surface area contributed by atoms with Crippen LogP contribution in [-0.2, 0) is 12.8 Å². The highest BCUT2D eigenvalue weighted by Crippen LogP contribution is 2.33. The van der Waals surface area contributed by atoms with E-state index in [2.05, 4.69) is 51.2 Å². The number of unbranched alkanes of at least 4 members (excludes halogenated alkanes) is 1. The number of benzene rings is 2. The van der Waals surface area contributed by atoms with Crippen LogP contribution in [0, 0.1) is 0 Å². The molecule has 5 rings (SSSR count). The van der Waals surface area contributed by atoms with Crippen molar-refractivity contribution in [3.63, 3.8) is 0 Å². The number of nitrogens with one attached hydrogen (secondary N) is 2. The van der Waals surface area contributed by atoms with E-state index in [9.17, 15) is 0 Å². The van der Waals surface area contributed by atoms with E-state index in [-0.39, 0.29) is 6.04 Å². The summed E-state index contributed by atoms with van der Waals surface area (Å²) in [6.07, 6.45) is 9.73. The number of pyridine rings is 1. The number of nitrogens with zero attached hydrogens (tertiary/aromatic N) is 3. The summed E-state index contributed by atoms with van der Waals surface area (Å²) in [6, 6.07) is 16.2. The molecule has 0 aliphatic heterocycles. The third kappa shape index (κ3) is 6.31. The largest absolute Gasteiger partial charge is 0.497 e. The second-order valence-corrected chi connectivity index (χ2v) is 10.6. The van der Waals surface area contributed by atoms with Gasteiger partial charge in [0.25, 0.3) is 0 Å². The van der Waals surface area contributed by atoms with Gasteiger partial charge in [-0.25, -0.2) is 0 Å². The lowest BCUT2D eigenvalue weighted by Crippen LogP contribution is -2.21. The van der Waals surface area contributed by atoms with Crippen LogP contribution in [-0.4, -0.2) is 34.0 Å². The fourth-order valence-corrected chi connectivity index (χ4v) is 5.53. The predicted molar refractivity (Wildman–Crippen MR) is 159 cm³/mol. The molecule has 0 saturated carbocycles. The summed E-state index contributed by atoms with van der Waals surface area (Å²) >= 11 is 1.34. The van der Waals surface area contributed by atoms with Crippen molar-refractivity contribution in [3.8, 4) is 5.75 Å². The Morgan fingerprint density at radius 3 is 2.74 bits per heavy atom. The predicted octanol–water partition coefficient (Wildman–Crippen LogP) is 6.73. The maximum Gasteiger partial charge on any atom is 0.207 e. The monoisotopic (exact) mass is 528 g/mol. The Hall–Kier alpha value is -3.49. The first kappa shape index (κ1) is 26.1. The third-order valence-electron chi connectivity index (χ3n) is 7.14. The number of hydrogen-bond acceptors (Lipinski definition) is 8. The van der Waals surface area contributed by atoms with Crippen LogP contribution in [0.3, 0.4) is 0 Å². The van der Waals surface area contributed by atoms with Crippen molar-refractivity contribution in [1.82, 2.24) is 14.3 Å². The molecule has 1 aliphatic rings. The molecule has 0 saturated heterocycles. The van der Waals surface area contributed by atoms with Crippen molar-refractivity contribution in [2.24, 2.45) is 5.73 Å². The highest BCUT2D eigenvalue weighted by Gasteiger charge is 2.18. The molecule has 0 amide bonds. The van der Waals surface area contributed by atoms with E-state index >= 15 is 0 Å². The lowest BCUT2D eigenvalue weighted by Gasteiger charge is -2.22. The zero-order valence-electron chi connectivity index (χ0n) is 22.2. The van der Waals surface area contributed by atoms with Crippen molar-refractivity contribution in [3.05, 3.63) is 71.2 Å². The van der Waals surface area contributed by atoms with E-state index in [1.807, 2.05) is 30.3 Å². The molecule has 2 heterocycles. The smallest absolute Gasteiger partial charge is 0.207 e. The van der Waals surface area contributed by atoms with Gasteiger partial charge in [-0.2, -0.15) is 9.36 Å². The molecule has 7 nitrogen and oxygen atoms in total. The highest BCUT2D eigenvalue weighted by molar-refractivity contribution is 7.09. The minimum atomic E-state index is -0.00832. The first-order valence-corrected chi connectivity index (χ1v) is 14.2. The first-order chi connectivity index (χ1) is 18.6. The molecule has 4 aromatic rings. The lowest BCUT2D eigenvalue weighted by molar-refractivity contribution is 0.415. The summed E-state index contributed by atoms with van der Waals surface area (Å²) in [7, 11) is 1.66. The van der Waals surface area contributed by atoms with E-state index in [4.69, 9.17) is 15.5 Å². The molecule has 0 spiro atoms. The number of aryl methyl sites for hydroxylation is 1. The van der Waals surface area contributed by atoms with Crippen molar-refractivity contribution in [2.45, 2.75) is 57.9 Å². The standard InChI is InChI=1S/C30H36N6OS/c1-20(19-28-35-30(38-36-28)33-21-14-16-22(37-2)17-15-21)25(31)11-7-8-18-32-29-23-9-3-5-12-26(23)34-27-13-6-4-10-24(27)29/h3,5,9,12,14-17,19,25H,4,6-8,10-11,13,18,31H2,1-2H3,(H,32,34)(H,33,35,36). The van der Waals surface area contributed by atoms with Crippen LogP contribution in [0.5, 0.6) is 5.75 Å². The van der Waals surface area contributed by atoms with E-state index in [0.29, 0.717) is 5.82 Å². The zero-order valence-corrected chi connectivity index (χ0v) is 23.0. The van der Waals surface area contributed by atoms with Gasteiger partial charge in [0.1, 0.15) is 5.75 Å². The van der Waals surface area contributed by atoms with Gasteiger partial charge in [0.05, 0.1) is 12.6 Å². The van der Waals surface area contributed by atoms with Gasteiger partial charge in [0.2, 0.25) is 5.13 Å². The summed E-state index contributed by atoms with van der Waals surface area (Å²) in [5, 5.41) is 9.03. The molecule has 38 heavy (non-hydrogen) atoms. The van der Waals surface area contributed by atoms with Crippen LogP contribution in [0.4, 0.5) is 16.5 Å². The number of para-hydroxylation sites is 1. The topological polar surface area (TPSA) is 98.0 Å². The van der Waals surface area contributed by atoms with Gasteiger partial charge in [-0.1, -0.05) is 23.8 Å². The quantitative estimate of drug-likeness (QED) is 0.186. The van der Waals surface area contributed by atoms with Crippen LogP contribution >= 0.6 is 11.5 Å². The van der Waals surface area contributed by atoms with Gasteiger partial charge in [-0.05, 0) is 93.8 Å². The number of fused-ring (bicyclic) bond motifs is 2. The molecule has 0 bridgehead atoms. The summed E-state index contributed by atoms with van der Waals surface area (Å²) in [6.45, 7) is 3.00. The van der Waals surface area contributed by atoms with Crippen LogP contribution < -0.4 is 21.1 Å². The first-order valence-electron chi connectivity index (χ1n) is 13.4. The average Bonchev–Trinajstić information content (AvgIpc) is 3.39. The normalized spacial score (nSPS) is 14.2. The van der Waals surface area contributed by atoms with Gasteiger partial charge in [-0.3, -0.25) is 4.98 Å². The Labute approximate surface area is 228 Å². The Morgan fingerprint density at radius 1 is 1.08 bits per heavy atom. The number of ether oxygens (including phenoxy) is 1. The van der Waals surface area contributed by atoms with E-state index < -0.39 is 0 Å². The number of hydrogen-bond donors (Lipinski definition) is 3. The molecule has 1 aliphatic carbocycles. The SMILES string of the molecule is COc1ccc(Nc2nc(C=C(C)C(N)CCCCNc3c4c(nc5ccccc35)CCCC4)ns2)cc1. The van der Waals surface area contributed by atoms with Gasteiger partial charge < -0.3 is 21.1 Å². The van der Waals surface area contributed by atoms with Crippen molar-refractivity contribution in [1.29, 1.82) is 0 Å². The Kier molecular flexibility index (Phi) is 8.51. The molecule has 0 fully saturated rings. The average molecular weight is 529 g/mol. The van der Waals surface area contributed by atoms with E-state index in [0.717, 1.165) is 66.3 Å². The number of rotatable bonds is 11. The third-order valence-corrected chi connectivity index (χ3v) is 7.78. The van der Waals surface area contributed by atoms with Crippen molar-refractivity contribution >= 4 is 45.0 Å². The Bertz CT molecular complexity index is 1400. The second kappa shape index (κ2) is 12.4. The van der Waals surface area contributed by atoms with Gasteiger partial charge >= 0.3 is 0 Å². The molecular formula is C30H36N6OS. The number of nitrogens with two attached hydrogens (primary N) is 1. The molecule has 1 atom stereocenters. The van der Waals surface area contributed by atoms with Crippen LogP contribution in [0.1, 0.15) is 56.1 Å². The molecule has 198 valence electrons. The van der Waals surface area contributed by atoms with Crippen LogP contribution in [0.2, 0.25) is 0 Å². The molecule has 0 radical (unpaired) electrons. The summed E-state index contributed by atoms with van der Waals surface area (Å²) in [5.41, 5.74) is 13.6. The maximum absolute atomic E-state index is 6.51. The summed E-state index contributed by atoms with van der Waals surface area (Å²) < 4.78 is 9.68. The molecule has 8 heteroatoms. The number of anilines is 3. The van der Waals surface area contributed by atoms with Crippen LogP contribution in [0.15, 0.2) is 54.1 Å². The van der Waals surface area contributed by atoms with Gasteiger partial charge in [0.15, 0.2) is 5.82 Å². The van der Waals surface area contributed by atoms with Gasteiger partial charge in [0, 0.05) is 46.6 Å². The number of methoxy groups -OCH3 is 1. The Balaban J connectivity index is 1.12. The van der Waals surface area contributed by atoms with Crippen molar-refractivity contribution in [2.75, 3.05) is 24.3 Å². The highest BCUT2D eigenvalue weighted by atomic mass is 32.1. The molecule has 1 unspecified atom stereocenters. The summed E-state index contributed by atoms with van der Waals surface area (Å²) in [5.74, 6) is 1.51.